The number of nitrogens with zero attached hydrogens (tertiary/aromatic N) is 3. The van der Waals surface area contributed by atoms with Gasteiger partial charge in [-0.15, -0.1) is 11.3 Å². The SMILES string of the molecule is C=Cc1ccc(CSc2nc3c(sc4ncccc43)c(=O)n2CC2CCCO2)cc1. The van der Waals surface area contributed by atoms with Crippen LogP contribution >= 0.6 is 23.1 Å². The molecule has 4 aromatic rings. The predicted molar refractivity (Wildman–Crippen MR) is 124 cm³/mol. The summed E-state index contributed by atoms with van der Waals surface area (Å²) in [6.45, 7) is 5.11. The predicted octanol–water partition coefficient (Wildman–Crippen LogP) is 5.12. The van der Waals surface area contributed by atoms with E-state index in [9.17, 15) is 4.79 Å². The smallest absolute Gasteiger partial charge is 0.272 e. The molecule has 1 unspecified atom stereocenters. The zero-order valence-corrected chi connectivity index (χ0v) is 18.0. The maximum atomic E-state index is 13.4. The average Bonchev–Trinajstić information content (AvgIpc) is 3.43. The van der Waals surface area contributed by atoms with Crippen LogP contribution in [0.1, 0.15) is 24.0 Å². The first-order valence-corrected chi connectivity index (χ1v) is 11.8. The molecular formula is C23H21N3O2S2. The number of hydrogen-bond acceptors (Lipinski definition) is 6. The van der Waals surface area contributed by atoms with Crippen molar-refractivity contribution in [3.63, 3.8) is 0 Å². The summed E-state index contributed by atoms with van der Waals surface area (Å²) in [4.78, 5) is 23.6. The van der Waals surface area contributed by atoms with E-state index >= 15 is 0 Å². The van der Waals surface area contributed by atoms with E-state index in [1.807, 2.05) is 18.2 Å². The Morgan fingerprint density at radius 3 is 2.93 bits per heavy atom. The summed E-state index contributed by atoms with van der Waals surface area (Å²) in [6, 6.07) is 12.2. The molecule has 1 atom stereocenters. The fourth-order valence-corrected chi connectivity index (χ4v) is 5.69. The third-order valence-corrected chi connectivity index (χ3v) is 7.45. The fraction of sp³-hybridized carbons (Fsp3) is 0.261. The van der Waals surface area contributed by atoms with Crippen LogP contribution in [-0.2, 0) is 17.0 Å². The van der Waals surface area contributed by atoms with Crippen LogP contribution in [0, 0.1) is 0 Å². The van der Waals surface area contributed by atoms with Gasteiger partial charge in [0.15, 0.2) is 5.16 Å². The number of ether oxygens (including phenoxy) is 1. The molecule has 152 valence electrons. The molecule has 1 saturated heterocycles. The molecule has 4 heterocycles. The Hall–Kier alpha value is -2.48. The highest BCUT2D eigenvalue weighted by molar-refractivity contribution is 7.98. The molecule has 5 nitrogen and oxygen atoms in total. The molecule has 7 heteroatoms. The molecule has 30 heavy (non-hydrogen) atoms. The van der Waals surface area contributed by atoms with Crippen molar-refractivity contribution in [2.24, 2.45) is 0 Å². The molecule has 0 radical (unpaired) electrons. The first kappa shape index (κ1) is 19.5. The van der Waals surface area contributed by atoms with Crippen molar-refractivity contribution >= 4 is 49.6 Å². The lowest BCUT2D eigenvalue weighted by molar-refractivity contribution is 0.0938. The molecule has 5 rings (SSSR count). The minimum Gasteiger partial charge on any atom is -0.376 e. The Bertz CT molecular complexity index is 1270. The number of aromatic nitrogens is 3. The van der Waals surface area contributed by atoms with Gasteiger partial charge in [0.2, 0.25) is 0 Å². The Morgan fingerprint density at radius 1 is 1.30 bits per heavy atom. The number of fused-ring (bicyclic) bond motifs is 3. The number of thiophene rings is 1. The molecule has 1 aliphatic rings. The zero-order valence-electron chi connectivity index (χ0n) is 16.4. The van der Waals surface area contributed by atoms with Crippen molar-refractivity contribution in [3.8, 4) is 0 Å². The number of pyridine rings is 1. The van der Waals surface area contributed by atoms with Crippen LogP contribution in [0.3, 0.4) is 0 Å². The summed E-state index contributed by atoms with van der Waals surface area (Å²) < 4.78 is 8.28. The van der Waals surface area contributed by atoms with E-state index in [-0.39, 0.29) is 11.7 Å². The lowest BCUT2D eigenvalue weighted by atomic mass is 10.1. The number of thioether (sulfide) groups is 1. The summed E-state index contributed by atoms with van der Waals surface area (Å²) in [5.41, 5.74) is 3.03. The number of hydrogen-bond donors (Lipinski definition) is 0. The Labute approximate surface area is 182 Å². The van der Waals surface area contributed by atoms with E-state index in [0.717, 1.165) is 51.7 Å². The van der Waals surface area contributed by atoms with Gasteiger partial charge in [-0.25, -0.2) is 9.97 Å². The van der Waals surface area contributed by atoms with Crippen molar-refractivity contribution in [2.75, 3.05) is 6.61 Å². The molecular weight excluding hydrogens is 414 g/mol. The van der Waals surface area contributed by atoms with E-state index in [2.05, 4.69) is 35.8 Å². The highest BCUT2D eigenvalue weighted by Crippen LogP contribution is 2.31. The van der Waals surface area contributed by atoms with Crippen molar-refractivity contribution in [3.05, 3.63) is 70.7 Å². The van der Waals surface area contributed by atoms with Crippen LogP contribution in [0.2, 0.25) is 0 Å². The van der Waals surface area contributed by atoms with Crippen molar-refractivity contribution in [2.45, 2.75) is 36.4 Å². The van der Waals surface area contributed by atoms with E-state index in [1.165, 1.54) is 16.9 Å². The van der Waals surface area contributed by atoms with E-state index in [0.29, 0.717) is 11.2 Å². The van der Waals surface area contributed by atoms with Crippen LogP contribution in [0.4, 0.5) is 0 Å². The summed E-state index contributed by atoms with van der Waals surface area (Å²) in [5, 5.41) is 1.68. The molecule has 1 aliphatic heterocycles. The lowest BCUT2D eigenvalue weighted by Crippen LogP contribution is -2.28. The first-order chi connectivity index (χ1) is 14.7. The van der Waals surface area contributed by atoms with Gasteiger partial charge in [-0.3, -0.25) is 9.36 Å². The number of rotatable bonds is 6. The average molecular weight is 436 g/mol. The van der Waals surface area contributed by atoms with E-state index < -0.39 is 0 Å². The third-order valence-electron chi connectivity index (χ3n) is 5.31. The summed E-state index contributed by atoms with van der Waals surface area (Å²) in [6.07, 6.45) is 5.68. The van der Waals surface area contributed by atoms with Gasteiger partial charge < -0.3 is 4.74 Å². The Kier molecular flexibility index (Phi) is 5.41. The van der Waals surface area contributed by atoms with E-state index in [1.54, 1.807) is 22.5 Å². The normalized spacial score (nSPS) is 16.5. The van der Waals surface area contributed by atoms with Crippen LogP contribution in [0.5, 0.6) is 0 Å². The Morgan fingerprint density at radius 2 is 2.17 bits per heavy atom. The fourth-order valence-electron chi connectivity index (χ4n) is 3.70. The molecule has 1 fully saturated rings. The highest BCUT2D eigenvalue weighted by atomic mass is 32.2. The van der Waals surface area contributed by atoms with Crippen LogP contribution < -0.4 is 5.56 Å². The largest absolute Gasteiger partial charge is 0.376 e. The third kappa shape index (κ3) is 3.69. The van der Waals surface area contributed by atoms with Crippen LogP contribution in [0.15, 0.2) is 59.1 Å². The van der Waals surface area contributed by atoms with Gasteiger partial charge in [0.1, 0.15) is 9.53 Å². The van der Waals surface area contributed by atoms with Gasteiger partial charge in [0.25, 0.3) is 5.56 Å². The second-order valence-corrected chi connectivity index (χ2v) is 9.26. The molecule has 0 aliphatic carbocycles. The maximum Gasteiger partial charge on any atom is 0.272 e. The molecule has 0 spiro atoms. The topological polar surface area (TPSA) is 57.0 Å². The van der Waals surface area contributed by atoms with Gasteiger partial charge in [-0.05, 0) is 36.1 Å². The molecule has 0 bridgehead atoms. The van der Waals surface area contributed by atoms with Crippen LogP contribution in [0.25, 0.3) is 26.5 Å². The second-order valence-electron chi connectivity index (χ2n) is 7.32. The molecule has 3 aromatic heterocycles. The molecule has 0 amide bonds. The van der Waals surface area contributed by atoms with Gasteiger partial charge >= 0.3 is 0 Å². The van der Waals surface area contributed by atoms with E-state index in [4.69, 9.17) is 9.72 Å². The second kappa shape index (κ2) is 8.34. The maximum absolute atomic E-state index is 13.4. The summed E-state index contributed by atoms with van der Waals surface area (Å²) in [5.74, 6) is 0.737. The zero-order chi connectivity index (χ0) is 20.5. The molecule has 0 N–H and O–H groups in total. The minimum absolute atomic E-state index is 0.00278. The quantitative estimate of drug-likeness (QED) is 0.311. The number of benzene rings is 1. The Balaban J connectivity index is 1.56. The minimum atomic E-state index is 0.00278. The van der Waals surface area contributed by atoms with Crippen LogP contribution in [-0.4, -0.2) is 27.2 Å². The first-order valence-electron chi connectivity index (χ1n) is 9.97. The standard InChI is InChI=1S/C23H21N3O2S2/c1-2-15-7-9-16(10-8-15)14-29-23-25-19-18-6-3-11-24-21(18)30-20(19)22(27)26(23)13-17-5-4-12-28-17/h2-3,6-11,17H,1,4-5,12-14H2. The molecule has 1 aromatic carbocycles. The highest BCUT2D eigenvalue weighted by Gasteiger charge is 2.22. The lowest BCUT2D eigenvalue weighted by Gasteiger charge is -2.15. The summed E-state index contributed by atoms with van der Waals surface area (Å²) in [7, 11) is 0. The monoisotopic (exact) mass is 435 g/mol. The summed E-state index contributed by atoms with van der Waals surface area (Å²) >= 11 is 3.01. The van der Waals surface area contributed by atoms with Gasteiger partial charge in [-0.1, -0.05) is 48.7 Å². The van der Waals surface area contributed by atoms with Crippen molar-refractivity contribution < 1.29 is 4.74 Å². The molecule has 0 saturated carbocycles. The van der Waals surface area contributed by atoms with Gasteiger partial charge in [0, 0.05) is 23.9 Å². The van der Waals surface area contributed by atoms with Crippen molar-refractivity contribution in [1.82, 2.24) is 14.5 Å². The van der Waals surface area contributed by atoms with Gasteiger partial charge in [0.05, 0.1) is 18.2 Å². The van der Waals surface area contributed by atoms with Gasteiger partial charge in [-0.2, -0.15) is 0 Å². The van der Waals surface area contributed by atoms with Crippen molar-refractivity contribution in [1.29, 1.82) is 0 Å².